The topological polar surface area (TPSA) is 38.7 Å². The van der Waals surface area contributed by atoms with E-state index in [4.69, 9.17) is 9.97 Å². The lowest BCUT2D eigenvalue weighted by Gasteiger charge is -2.23. The van der Waals surface area contributed by atoms with Gasteiger partial charge in [-0.15, -0.1) is 0 Å². The van der Waals surface area contributed by atoms with Crippen LogP contribution in [-0.2, 0) is 5.41 Å². The largest absolute Gasteiger partial charge is 0.264 e. The van der Waals surface area contributed by atoms with Crippen LogP contribution in [0.1, 0.15) is 26.3 Å². The molecule has 0 bridgehead atoms. The molecule has 0 fully saturated rings. The lowest BCUT2D eigenvalue weighted by Crippen LogP contribution is -2.10. The second-order valence-corrected chi connectivity index (χ2v) is 16.5. The van der Waals surface area contributed by atoms with Crippen molar-refractivity contribution in [2.24, 2.45) is 0 Å². The number of hydrogen-bond donors (Lipinski definition) is 0. The van der Waals surface area contributed by atoms with E-state index in [-0.39, 0.29) is 5.41 Å². The molecule has 11 aromatic rings. The Bertz CT molecular complexity index is 3310. The number of aromatic nitrogens is 3. The van der Waals surface area contributed by atoms with Gasteiger partial charge in [-0.3, -0.25) is 4.98 Å². The molecule has 8 aromatic carbocycles. The highest BCUT2D eigenvalue weighted by Crippen LogP contribution is 2.45. The second kappa shape index (κ2) is 13.2. The first-order valence-electron chi connectivity index (χ1n) is 20.0. The highest BCUT2D eigenvalue weighted by Gasteiger charge is 2.20. The highest BCUT2D eigenvalue weighted by molar-refractivity contribution is 6.28. The van der Waals surface area contributed by atoms with Crippen LogP contribution in [0.3, 0.4) is 0 Å². The Kier molecular flexibility index (Phi) is 7.74. The Morgan fingerprint density at radius 3 is 1.40 bits per heavy atom. The highest BCUT2D eigenvalue weighted by atomic mass is 14.8. The van der Waals surface area contributed by atoms with Crippen LogP contribution in [0.4, 0.5) is 0 Å². The molecular weight excluding hydrogens is 703 g/mol. The minimum absolute atomic E-state index is 0.0628. The number of nitrogens with zero attached hydrogens (tertiary/aromatic N) is 3. The van der Waals surface area contributed by atoms with Crippen LogP contribution in [0, 0.1) is 0 Å². The first-order chi connectivity index (χ1) is 28.4. The van der Waals surface area contributed by atoms with Crippen LogP contribution >= 0.6 is 0 Å². The van der Waals surface area contributed by atoms with Crippen LogP contribution < -0.4 is 0 Å². The van der Waals surface area contributed by atoms with E-state index in [2.05, 4.69) is 190 Å². The average Bonchev–Trinajstić information content (AvgIpc) is 3.28. The molecule has 0 atom stereocenters. The Morgan fingerprint density at radius 1 is 0.379 bits per heavy atom. The third-order valence-electron chi connectivity index (χ3n) is 11.9. The normalized spacial score (nSPS) is 12.1. The number of pyridine rings is 3. The summed E-state index contributed by atoms with van der Waals surface area (Å²) >= 11 is 0. The summed E-state index contributed by atoms with van der Waals surface area (Å²) in [5.41, 5.74) is 14.3. The molecule has 58 heavy (non-hydrogen) atoms. The monoisotopic (exact) mass is 741 g/mol. The van der Waals surface area contributed by atoms with E-state index in [1.165, 1.54) is 60.1 Å². The molecule has 3 heteroatoms. The van der Waals surface area contributed by atoms with Crippen LogP contribution in [0.15, 0.2) is 182 Å². The molecule has 274 valence electrons. The van der Waals surface area contributed by atoms with E-state index in [9.17, 15) is 0 Å². The standard InChI is InChI=1S/C55H39N3/c1-55(2,3)44-30-41-21-25-45-47(35-8-5-4-6-9-35)32-48(46-26-22-42(31-44)51(41)52(45)46)36-13-17-38(18-14-36)50-28-24-40-20-19-39-23-27-49(57-53(39)54(40)58-50)37-15-11-34(12-16-37)43-10-7-29-56-33-43/h4-33H,1-3H3. The first-order valence-corrected chi connectivity index (χ1v) is 20.0. The zero-order valence-electron chi connectivity index (χ0n) is 32.7. The van der Waals surface area contributed by atoms with E-state index in [1.54, 1.807) is 6.20 Å². The predicted molar refractivity (Wildman–Crippen MR) is 244 cm³/mol. The van der Waals surface area contributed by atoms with Crippen molar-refractivity contribution in [2.45, 2.75) is 26.2 Å². The summed E-state index contributed by atoms with van der Waals surface area (Å²) in [6, 6.07) is 61.6. The van der Waals surface area contributed by atoms with Crippen LogP contribution in [0.2, 0.25) is 0 Å². The molecule has 0 saturated carbocycles. The Morgan fingerprint density at radius 2 is 0.862 bits per heavy atom. The quantitative estimate of drug-likeness (QED) is 0.165. The SMILES string of the molecule is CC(C)(C)c1cc2ccc3c(-c4ccccc4)cc(-c4ccc(-c5ccc6ccc7ccc(-c8ccc(-c9cccnc9)cc8)nc7c6n5)cc4)c4ccc(c1)c2c34. The lowest BCUT2D eigenvalue weighted by molar-refractivity contribution is 0.591. The van der Waals surface area contributed by atoms with Gasteiger partial charge in [0.15, 0.2) is 0 Å². The Hall–Kier alpha value is -7.23. The maximum atomic E-state index is 5.28. The summed E-state index contributed by atoms with van der Waals surface area (Å²) in [5, 5.41) is 9.95. The molecule has 0 unspecified atom stereocenters. The van der Waals surface area contributed by atoms with Crippen molar-refractivity contribution >= 4 is 54.1 Å². The van der Waals surface area contributed by atoms with Gasteiger partial charge in [-0.25, -0.2) is 9.97 Å². The molecule has 0 spiro atoms. The smallest absolute Gasteiger partial charge is 0.0972 e. The van der Waals surface area contributed by atoms with Crippen LogP contribution in [0.5, 0.6) is 0 Å². The summed E-state index contributed by atoms with van der Waals surface area (Å²) in [4.78, 5) is 14.8. The van der Waals surface area contributed by atoms with Gasteiger partial charge >= 0.3 is 0 Å². The molecule has 0 radical (unpaired) electrons. The lowest BCUT2D eigenvalue weighted by atomic mass is 9.81. The average molecular weight is 742 g/mol. The van der Waals surface area contributed by atoms with Gasteiger partial charge in [-0.05, 0) is 101 Å². The summed E-state index contributed by atoms with van der Waals surface area (Å²) < 4.78 is 0. The minimum Gasteiger partial charge on any atom is -0.264 e. The Balaban J connectivity index is 1.01. The third kappa shape index (κ3) is 5.70. The van der Waals surface area contributed by atoms with Crippen molar-refractivity contribution in [1.29, 1.82) is 0 Å². The van der Waals surface area contributed by atoms with Gasteiger partial charge in [0.25, 0.3) is 0 Å². The zero-order valence-corrected chi connectivity index (χ0v) is 32.7. The number of rotatable bonds is 5. The number of fused-ring (bicyclic) bond motifs is 3. The van der Waals surface area contributed by atoms with E-state index < -0.39 is 0 Å². The molecule has 0 N–H and O–H groups in total. The van der Waals surface area contributed by atoms with Crippen LogP contribution in [0.25, 0.3) is 110 Å². The van der Waals surface area contributed by atoms with Crippen LogP contribution in [-0.4, -0.2) is 15.0 Å². The summed E-state index contributed by atoms with van der Waals surface area (Å²) in [6.07, 6.45) is 3.69. The van der Waals surface area contributed by atoms with E-state index in [0.717, 1.165) is 55.4 Å². The Labute approximate surface area is 337 Å². The fraction of sp³-hybridized carbons (Fsp3) is 0.0727. The third-order valence-corrected chi connectivity index (χ3v) is 11.9. The molecule has 3 heterocycles. The van der Waals surface area contributed by atoms with Crippen molar-refractivity contribution in [3.05, 3.63) is 188 Å². The maximum Gasteiger partial charge on any atom is 0.0972 e. The molecule has 11 rings (SSSR count). The van der Waals surface area contributed by atoms with Crippen molar-refractivity contribution < 1.29 is 0 Å². The van der Waals surface area contributed by atoms with Gasteiger partial charge in [-0.2, -0.15) is 0 Å². The van der Waals surface area contributed by atoms with Crippen molar-refractivity contribution in [3.63, 3.8) is 0 Å². The maximum absolute atomic E-state index is 5.28. The molecule has 0 aliphatic carbocycles. The molecule has 0 saturated heterocycles. The fourth-order valence-electron chi connectivity index (χ4n) is 8.72. The molecule has 3 aromatic heterocycles. The van der Waals surface area contributed by atoms with Crippen molar-refractivity contribution in [1.82, 2.24) is 15.0 Å². The number of benzene rings is 8. The predicted octanol–water partition coefficient (Wildman–Crippen LogP) is 14.7. The number of hydrogen-bond acceptors (Lipinski definition) is 3. The molecule has 0 amide bonds. The molecule has 0 aliphatic rings. The van der Waals surface area contributed by atoms with Crippen molar-refractivity contribution in [2.75, 3.05) is 0 Å². The summed E-state index contributed by atoms with van der Waals surface area (Å²) in [5.74, 6) is 0. The zero-order chi connectivity index (χ0) is 39.0. The first kappa shape index (κ1) is 34.1. The summed E-state index contributed by atoms with van der Waals surface area (Å²) in [7, 11) is 0. The molecule has 0 aliphatic heterocycles. The minimum atomic E-state index is 0.0628. The molecular formula is C55H39N3. The van der Waals surface area contributed by atoms with E-state index in [1.807, 2.05) is 12.3 Å². The van der Waals surface area contributed by atoms with Gasteiger partial charge in [0.1, 0.15) is 0 Å². The molecule has 3 nitrogen and oxygen atoms in total. The summed E-state index contributed by atoms with van der Waals surface area (Å²) in [6.45, 7) is 6.88. The van der Waals surface area contributed by atoms with Gasteiger partial charge in [0, 0.05) is 34.3 Å². The van der Waals surface area contributed by atoms with Gasteiger partial charge in [0.05, 0.1) is 22.4 Å². The van der Waals surface area contributed by atoms with Gasteiger partial charge in [0.2, 0.25) is 0 Å². The van der Waals surface area contributed by atoms with E-state index in [0.29, 0.717) is 0 Å². The second-order valence-electron chi connectivity index (χ2n) is 16.5. The van der Waals surface area contributed by atoms with Gasteiger partial charge in [-0.1, -0.05) is 166 Å². The fourth-order valence-corrected chi connectivity index (χ4v) is 8.72. The van der Waals surface area contributed by atoms with E-state index >= 15 is 0 Å². The van der Waals surface area contributed by atoms with Gasteiger partial charge < -0.3 is 0 Å². The van der Waals surface area contributed by atoms with Crippen molar-refractivity contribution in [3.8, 4) is 55.9 Å².